The number of fused-ring (bicyclic) bond motifs is 3. The fraction of sp³-hybridized carbons (Fsp3) is 0.441. The maximum absolute atomic E-state index is 14.6. The minimum Gasteiger partial charge on any atom is -0.474 e. The van der Waals surface area contributed by atoms with Crippen molar-refractivity contribution in [1.29, 1.82) is 0 Å². The lowest BCUT2D eigenvalue weighted by Crippen LogP contribution is -2.47. The van der Waals surface area contributed by atoms with Crippen LogP contribution in [0.2, 0.25) is 0 Å². The first kappa shape index (κ1) is 31.5. The van der Waals surface area contributed by atoms with Crippen LogP contribution in [-0.2, 0) is 11.2 Å². The Morgan fingerprint density at radius 2 is 1.89 bits per heavy atom. The number of carbonyl (C=O) groups excluding carboxylic acids is 2. The summed E-state index contributed by atoms with van der Waals surface area (Å²) in [6.07, 6.45) is 1.10. The van der Waals surface area contributed by atoms with E-state index in [9.17, 15) is 22.8 Å². The van der Waals surface area contributed by atoms with Crippen molar-refractivity contribution in [3.8, 4) is 17.0 Å². The number of rotatable bonds is 10. The molecule has 0 bridgehead atoms. The van der Waals surface area contributed by atoms with Gasteiger partial charge in [-0.15, -0.1) is 0 Å². The van der Waals surface area contributed by atoms with Gasteiger partial charge >= 0.3 is 6.18 Å². The molecule has 0 radical (unpaired) electrons. The number of ether oxygens (including phenoxy) is 1. The van der Waals surface area contributed by atoms with E-state index in [0.717, 1.165) is 43.2 Å². The number of piperidine rings is 1. The van der Waals surface area contributed by atoms with Crippen LogP contribution in [0.1, 0.15) is 91.4 Å². The number of amides is 1. The minimum atomic E-state index is -4.55. The molecule has 2 aliphatic rings. The molecule has 3 aromatic rings. The van der Waals surface area contributed by atoms with Gasteiger partial charge < -0.3 is 20.7 Å². The Morgan fingerprint density at radius 3 is 2.59 bits per heavy atom. The van der Waals surface area contributed by atoms with Crippen molar-refractivity contribution in [2.24, 2.45) is 5.73 Å². The molecule has 10 heteroatoms. The van der Waals surface area contributed by atoms with Crippen LogP contribution in [0.4, 0.5) is 18.9 Å². The quantitative estimate of drug-likeness (QED) is 0.255. The van der Waals surface area contributed by atoms with Crippen molar-refractivity contribution < 1.29 is 27.5 Å². The predicted octanol–water partition coefficient (Wildman–Crippen LogP) is 6.51. The van der Waals surface area contributed by atoms with Crippen molar-refractivity contribution in [3.63, 3.8) is 0 Å². The molecule has 1 aliphatic carbocycles. The van der Waals surface area contributed by atoms with Crippen LogP contribution >= 0.6 is 0 Å². The number of anilines is 1. The normalized spacial score (nSPS) is 17.8. The highest BCUT2D eigenvalue weighted by molar-refractivity contribution is 6.15. The predicted molar refractivity (Wildman–Crippen MR) is 164 cm³/mol. The summed E-state index contributed by atoms with van der Waals surface area (Å²) < 4.78 is 45.6. The van der Waals surface area contributed by atoms with E-state index in [2.05, 4.69) is 22.1 Å². The molecule has 5 rings (SSSR count). The van der Waals surface area contributed by atoms with Gasteiger partial charge in [-0.25, -0.2) is 4.98 Å². The van der Waals surface area contributed by atoms with Crippen LogP contribution in [0.15, 0.2) is 48.7 Å². The Bertz CT molecular complexity index is 1540. The Morgan fingerprint density at radius 1 is 1.11 bits per heavy atom. The molecule has 1 fully saturated rings. The van der Waals surface area contributed by atoms with E-state index in [1.165, 1.54) is 0 Å². The third-order valence-corrected chi connectivity index (χ3v) is 8.25. The fourth-order valence-corrected chi connectivity index (χ4v) is 6.38. The van der Waals surface area contributed by atoms with Crippen LogP contribution in [0.3, 0.4) is 0 Å². The first-order valence-electron chi connectivity index (χ1n) is 15.3. The van der Waals surface area contributed by atoms with Crippen molar-refractivity contribution in [1.82, 2.24) is 10.3 Å². The minimum absolute atomic E-state index is 0.214. The highest BCUT2D eigenvalue weighted by Crippen LogP contribution is 2.51. The largest absolute Gasteiger partial charge is 0.474 e. The monoisotopic (exact) mass is 608 g/mol. The van der Waals surface area contributed by atoms with Crippen LogP contribution in [0, 0.1) is 0 Å². The summed E-state index contributed by atoms with van der Waals surface area (Å²) in [4.78, 5) is 34.6. The molecule has 1 aliphatic heterocycles. The number of nitrogens with one attached hydrogen (secondary N) is 1. The summed E-state index contributed by atoms with van der Waals surface area (Å²) in [5, 5.41) is 2.13. The zero-order valence-electron chi connectivity index (χ0n) is 25.3. The van der Waals surface area contributed by atoms with Gasteiger partial charge in [-0.05, 0) is 92.0 Å². The number of carbonyl (C=O) groups is 2. The Balaban J connectivity index is 1.79. The van der Waals surface area contributed by atoms with Crippen LogP contribution < -0.4 is 20.7 Å². The molecule has 2 heterocycles. The summed E-state index contributed by atoms with van der Waals surface area (Å²) in [5.74, 6) is -1.75. The molecule has 234 valence electrons. The number of ketones is 1. The number of benzene rings is 2. The molecular weight excluding hydrogens is 569 g/mol. The van der Waals surface area contributed by atoms with E-state index >= 15 is 0 Å². The van der Waals surface area contributed by atoms with Gasteiger partial charge in [0.05, 0.1) is 29.4 Å². The molecule has 0 spiro atoms. The number of alkyl halides is 3. The number of nitrogens with zero attached hydrogens (tertiary/aromatic N) is 2. The summed E-state index contributed by atoms with van der Waals surface area (Å²) in [6, 6.07) is 12.4. The molecule has 44 heavy (non-hydrogen) atoms. The van der Waals surface area contributed by atoms with Crippen molar-refractivity contribution in [3.05, 3.63) is 76.5 Å². The van der Waals surface area contributed by atoms with E-state index in [1.54, 1.807) is 36.5 Å². The zero-order chi connectivity index (χ0) is 31.6. The van der Waals surface area contributed by atoms with Gasteiger partial charge in [0.25, 0.3) is 0 Å². The van der Waals surface area contributed by atoms with Gasteiger partial charge in [-0.1, -0.05) is 37.6 Å². The second-order valence-electron chi connectivity index (χ2n) is 11.8. The SMILES string of the molecule is CCCCc1c2c(cc(C(=O)c3cccnc3OC(C)C)c1N1CCCCC1N)-c1ccccc1C2C(=O)NCC(F)(F)F. The number of halogens is 3. The van der Waals surface area contributed by atoms with Gasteiger partial charge in [0.1, 0.15) is 6.54 Å². The molecule has 1 aromatic heterocycles. The van der Waals surface area contributed by atoms with Crippen molar-refractivity contribution in [2.45, 2.75) is 83.7 Å². The molecule has 1 saturated heterocycles. The lowest BCUT2D eigenvalue weighted by Gasteiger charge is -2.38. The van der Waals surface area contributed by atoms with E-state index in [4.69, 9.17) is 10.5 Å². The lowest BCUT2D eigenvalue weighted by molar-refractivity contribution is -0.138. The number of pyridine rings is 1. The molecule has 1 amide bonds. The highest BCUT2D eigenvalue weighted by atomic mass is 19.4. The third kappa shape index (κ3) is 6.31. The number of nitrogens with two attached hydrogens (primary N) is 1. The Kier molecular flexibility index (Phi) is 9.29. The number of aromatic nitrogens is 1. The summed E-state index contributed by atoms with van der Waals surface area (Å²) >= 11 is 0. The van der Waals surface area contributed by atoms with E-state index in [0.29, 0.717) is 46.5 Å². The molecule has 2 aromatic carbocycles. The number of unbranched alkanes of at least 4 members (excludes halogenated alkanes) is 1. The average Bonchev–Trinajstić information content (AvgIpc) is 3.32. The van der Waals surface area contributed by atoms with E-state index in [1.807, 2.05) is 26.0 Å². The second kappa shape index (κ2) is 13.0. The summed E-state index contributed by atoms with van der Waals surface area (Å²) in [7, 11) is 0. The van der Waals surface area contributed by atoms with Crippen molar-refractivity contribution >= 4 is 17.4 Å². The van der Waals surface area contributed by atoms with Gasteiger partial charge in [0, 0.05) is 18.3 Å². The lowest BCUT2D eigenvalue weighted by atomic mass is 9.84. The third-order valence-electron chi connectivity index (χ3n) is 8.25. The topological polar surface area (TPSA) is 97.6 Å². The van der Waals surface area contributed by atoms with E-state index < -0.39 is 24.5 Å². The number of hydrogen-bond donors (Lipinski definition) is 2. The first-order valence-corrected chi connectivity index (χ1v) is 15.3. The zero-order valence-corrected chi connectivity index (χ0v) is 25.3. The maximum atomic E-state index is 14.6. The van der Waals surface area contributed by atoms with Crippen molar-refractivity contribution in [2.75, 3.05) is 18.0 Å². The maximum Gasteiger partial charge on any atom is 0.405 e. The highest BCUT2D eigenvalue weighted by Gasteiger charge is 2.41. The molecule has 2 atom stereocenters. The molecule has 7 nitrogen and oxygen atoms in total. The summed E-state index contributed by atoms with van der Waals surface area (Å²) in [5.41, 5.74) is 11.5. The van der Waals surface area contributed by atoms with Gasteiger partial charge in [0.2, 0.25) is 17.6 Å². The van der Waals surface area contributed by atoms with Crippen LogP contribution in [0.25, 0.3) is 11.1 Å². The first-order chi connectivity index (χ1) is 21.0. The molecule has 2 unspecified atom stereocenters. The molecule has 0 saturated carbocycles. The fourth-order valence-electron chi connectivity index (χ4n) is 6.38. The molecule has 3 N–H and O–H groups in total. The smallest absolute Gasteiger partial charge is 0.405 e. The molecular formula is C34H39F3N4O3. The second-order valence-corrected chi connectivity index (χ2v) is 11.8. The van der Waals surface area contributed by atoms with Crippen LogP contribution in [-0.4, -0.2) is 48.2 Å². The van der Waals surface area contributed by atoms with E-state index in [-0.39, 0.29) is 23.9 Å². The standard InChI is InChI=1S/C34H39F3N4O3/c1-4-5-11-23-28-25(21-12-6-7-13-22(21)29(28)32(43)40-19-34(35,36)37)18-26(30(23)41-17-9-8-15-27(41)38)31(42)24-14-10-16-39-33(24)44-20(2)3/h6-7,10,12-14,16,18,20,27,29H,4-5,8-9,11,15,17,19,38H2,1-3H3,(H,40,43). The van der Waals surface area contributed by atoms with Gasteiger partial charge in [0.15, 0.2) is 0 Å². The Hall–Kier alpha value is -3.92. The number of hydrogen-bond acceptors (Lipinski definition) is 6. The van der Waals surface area contributed by atoms with Crippen LogP contribution in [0.5, 0.6) is 5.88 Å². The van der Waals surface area contributed by atoms with Gasteiger partial charge in [-0.2, -0.15) is 13.2 Å². The Labute approximate surface area is 256 Å². The summed E-state index contributed by atoms with van der Waals surface area (Å²) in [6.45, 7) is 4.96. The van der Waals surface area contributed by atoms with Gasteiger partial charge in [-0.3, -0.25) is 9.59 Å². The average molecular weight is 609 g/mol.